The lowest BCUT2D eigenvalue weighted by Crippen LogP contribution is -2.27. The zero-order valence-electron chi connectivity index (χ0n) is 11.0. The van der Waals surface area contributed by atoms with Gasteiger partial charge >= 0.3 is 5.97 Å². The molecule has 0 aromatic rings. The van der Waals surface area contributed by atoms with Crippen LogP contribution in [0.15, 0.2) is 0 Å². The molecule has 0 amide bonds. The van der Waals surface area contributed by atoms with Gasteiger partial charge in [-0.1, -0.05) is 40.5 Å². The molecule has 0 heterocycles. The topological polar surface area (TPSA) is 46.5 Å². The Morgan fingerprint density at radius 2 is 1.94 bits per heavy atom. The van der Waals surface area contributed by atoms with E-state index in [0.29, 0.717) is 12.5 Å². The van der Waals surface area contributed by atoms with Gasteiger partial charge in [-0.2, -0.15) is 0 Å². The largest absolute Gasteiger partial charge is 0.466 e. The molecule has 1 N–H and O–H groups in total. The number of carbonyl (C=O) groups excluding carboxylic acids is 1. The first kappa shape index (κ1) is 15.4. The van der Waals surface area contributed by atoms with Crippen LogP contribution in [0.3, 0.4) is 0 Å². The SMILES string of the molecule is CCCCOC(=O)C[C@H](O)[C@H](C)[C@@H](C)CC. The van der Waals surface area contributed by atoms with E-state index in [9.17, 15) is 9.90 Å². The van der Waals surface area contributed by atoms with Crippen LogP contribution < -0.4 is 0 Å². The number of aliphatic hydroxyl groups excluding tert-OH is 1. The number of rotatable bonds is 8. The molecule has 0 bridgehead atoms. The minimum atomic E-state index is -0.580. The predicted octanol–water partition coefficient (Wildman–Crippen LogP) is 2.76. The number of unbranched alkanes of at least 4 members (excludes halogenated alkanes) is 1. The van der Waals surface area contributed by atoms with E-state index in [1.54, 1.807) is 0 Å². The summed E-state index contributed by atoms with van der Waals surface area (Å²) in [5.74, 6) is 0.290. The van der Waals surface area contributed by atoms with E-state index in [0.717, 1.165) is 19.3 Å². The zero-order chi connectivity index (χ0) is 12.6. The molecule has 16 heavy (non-hydrogen) atoms. The van der Waals surface area contributed by atoms with Gasteiger partial charge in [0, 0.05) is 0 Å². The van der Waals surface area contributed by atoms with Crippen molar-refractivity contribution in [1.82, 2.24) is 0 Å². The van der Waals surface area contributed by atoms with Crippen molar-refractivity contribution in [2.75, 3.05) is 6.61 Å². The van der Waals surface area contributed by atoms with Crippen LogP contribution in [0.5, 0.6) is 0 Å². The van der Waals surface area contributed by atoms with E-state index >= 15 is 0 Å². The Hall–Kier alpha value is -0.570. The summed E-state index contributed by atoms with van der Waals surface area (Å²) in [5, 5.41) is 9.85. The predicted molar refractivity (Wildman–Crippen MR) is 65.1 cm³/mol. The molecule has 0 saturated heterocycles. The summed E-state index contributed by atoms with van der Waals surface area (Å²) in [6.07, 6.45) is 2.46. The fourth-order valence-electron chi connectivity index (χ4n) is 1.50. The number of ether oxygens (including phenoxy) is 1. The second-order valence-corrected chi connectivity index (χ2v) is 4.59. The average Bonchev–Trinajstić information content (AvgIpc) is 2.27. The molecule has 0 aliphatic carbocycles. The van der Waals surface area contributed by atoms with Crippen LogP contribution in [0.1, 0.15) is 53.4 Å². The third-order valence-electron chi connectivity index (χ3n) is 3.29. The molecule has 0 unspecified atom stereocenters. The molecular weight excluding hydrogens is 204 g/mol. The average molecular weight is 230 g/mol. The van der Waals surface area contributed by atoms with Gasteiger partial charge in [0.05, 0.1) is 19.1 Å². The molecule has 3 heteroatoms. The van der Waals surface area contributed by atoms with Gasteiger partial charge in [-0.3, -0.25) is 4.79 Å². The molecule has 0 aliphatic heterocycles. The molecule has 0 fully saturated rings. The molecule has 3 atom stereocenters. The quantitative estimate of drug-likeness (QED) is 0.515. The normalized spacial score (nSPS) is 16.6. The van der Waals surface area contributed by atoms with Gasteiger partial charge < -0.3 is 9.84 Å². The standard InChI is InChI=1S/C13H26O3/c1-5-7-8-16-13(15)9-12(14)11(4)10(3)6-2/h10-12,14H,5-9H2,1-4H3/t10-,11+,12-/m0/s1. The van der Waals surface area contributed by atoms with Gasteiger partial charge in [0.25, 0.3) is 0 Å². The molecule has 0 radical (unpaired) electrons. The second-order valence-electron chi connectivity index (χ2n) is 4.59. The van der Waals surface area contributed by atoms with Crippen molar-refractivity contribution in [3.05, 3.63) is 0 Å². The van der Waals surface area contributed by atoms with E-state index in [2.05, 4.69) is 13.8 Å². The summed E-state index contributed by atoms with van der Waals surface area (Å²) < 4.78 is 5.02. The van der Waals surface area contributed by atoms with Gasteiger partial charge in [0.15, 0.2) is 0 Å². The number of aliphatic hydroxyl groups is 1. The van der Waals surface area contributed by atoms with Gasteiger partial charge in [-0.05, 0) is 18.3 Å². The van der Waals surface area contributed by atoms with Crippen molar-refractivity contribution in [2.24, 2.45) is 11.8 Å². The minimum Gasteiger partial charge on any atom is -0.466 e. The Labute approximate surface area is 99.2 Å². The monoisotopic (exact) mass is 230 g/mol. The summed E-state index contributed by atoms with van der Waals surface area (Å²) in [7, 11) is 0. The summed E-state index contributed by atoms with van der Waals surface area (Å²) in [6, 6.07) is 0. The maximum absolute atomic E-state index is 11.4. The highest BCUT2D eigenvalue weighted by atomic mass is 16.5. The molecule has 0 aromatic heterocycles. The van der Waals surface area contributed by atoms with Crippen LogP contribution in [0, 0.1) is 11.8 Å². The van der Waals surface area contributed by atoms with Gasteiger partial charge in [-0.15, -0.1) is 0 Å². The third-order valence-corrected chi connectivity index (χ3v) is 3.29. The lowest BCUT2D eigenvalue weighted by atomic mass is 9.87. The van der Waals surface area contributed by atoms with Crippen LogP contribution in [-0.2, 0) is 9.53 Å². The van der Waals surface area contributed by atoms with Gasteiger partial charge in [0.1, 0.15) is 0 Å². The van der Waals surface area contributed by atoms with E-state index in [1.807, 2.05) is 13.8 Å². The Morgan fingerprint density at radius 3 is 2.44 bits per heavy atom. The maximum atomic E-state index is 11.4. The van der Waals surface area contributed by atoms with Crippen molar-refractivity contribution in [2.45, 2.75) is 59.5 Å². The van der Waals surface area contributed by atoms with Crippen LogP contribution in [0.25, 0.3) is 0 Å². The lowest BCUT2D eigenvalue weighted by Gasteiger charge is -2.23. The highest BCUT2D eigenvalue weighted by Crippen LogP contribution is 2.20. The van der Waals surface area contributed by atoms with E-state index < -0.39 is 6.10 Å². The third kappa shape index (κ3) is 6.11. The van der Waals surface area contributed by atoms with Crippen LogP contribution in [0.4, 0.5) is 0 Å². The fraction of sp³-hybridized carbons (Fsp3) is 0.923. The first-order valence-corrected chi connectivity index (χ1v) is 6.36. The number of hydrogen-bond donors (Lipinski definition) is 1. The van der Waals surface area contributed by atoms with E-state index in [-0.39, 0.29) is 18.3 Å². The van der Waals surface area contributed by atoms with Crippen molar-refractivity contribution in [3.8, 4) is 0 Å². The van der Waals surface area contributed by atoms with Crippen LogP contribution >= 0.6 is 0 Å². The molecule has 0 aromatic carbocycles. The molecule has 3 nitrogen and oxygen atoms in total. The molecule has 0 spiro atoms. The molecule has 0 rings (SSSR count). The molecule has 96 valence electrons. The Morgan fingerprint density at radius 1 is 1.31 bits per heavy atom. The van der Waals surface area contributed by atoms with Crippen molar-refractivity contribution in [1.29, 1.82) is 0 Å². The van der Waals surface area contributed by atoms with Crippen LogP contribution in [-0.4, -0.2) is 23.8 Å². The van der Waals surface area contributed by atoms with Crippen molar-refractivity contribution in [3.63, 3.8) is 0 Å². The minimum absolute atomic E-state index is 0.120. The second kappa shape index (κ2) is 8.57. The molecule has 0 saturated carbocycles. The van der Waals surface area contributed by atoms with Crippen LogP contribution in [0.2, 0.25) is 0 Å². The summed E-state index contributed by atoms with van der Waals surface area (Å²) in [6.45, 7) is 8.69. The van der Waals surface area contributed by atoms with E-state index in [1.165, 1.54) is 0 Å². The van der Waals surface area contributed by atoms with Gasteiger partial charge in [-0.25, -0.2) is 0 Å². The summed E-state index contributed by atoms with van der Waals surface area (Å²) in [5.41, 5.74) is 0. The van der Waals surface area contributed by atoms with Crippen molar-refractivity contribution >= 4 is 5.97 Å². The Balaban J connectivity index is 3.84. The zero-order valence-corrected chi connectivity index (χ0v) is 11.0. The number of carbonyl (C=O) groups is 1. The van der Waals surface area contributed by atoms with E-state index in [4.69, 9.17) is 4.74 Å². The highest BCUT2D eigenvalue weighted by molar-refractivity contribution is 5.69. The number of esters is 1. The highest BCUT2D eigenvalue weighted by Gasteiger charge is 2.22. The smallest absolute Gasteiger partial charge is 0.308 e. The van der Waals surface area contributed by atoms with Gasteiger partial charge in [0.2, 0.25) is 0 Å². The summed E-state index contributed by atoms with van der Waals surface area (Å²) in [4.78, 5) is 11.4. The van der Waals surface area contributed by atoms with Crippen molar-refractivity contribution < 1.29 is 14.6 Å². The maximum Gasteiger partial charge on any atom is 0.308 e. The molecule has 0 aliphatic rings. The first-order valence-electron chi connectivity index (χ1n) is 6.36. The lowest BCUT2D eigenvalue weighted by molar-refractivity contribution is -0.147. The molecular formula is C13H26O3. The Bertz CT molecular complexity index is 192. The Kier molecular flexibility index (Phi) is 8.26. The summed E-state index contributed by atoms with van der Waals surface area (Å²) >= 11 is 0. The fourth-order valence-corrected chi connectivity index (χ4v) is 1.50. The number of hydrogen-bond acceptors (Lipinski definition) is 3. The first-order chi connectivity index (χ1) is 7.52.